The lowest BCUT2D eigenvalue weighted by Gasteiger charge is -2.32. The third kappa shape index (κ3) is 4.12. The van der Waals surface area contributed by atoms with E-state index in [1.54, 1.807) is 35.2 Å². The van der Waals surface area contributed by atoms with Gasteiger partial charge in [-0.25, -0.2) is 4.39 Å². The summed E-state index contributed by atoms with van der Waals surface area (Å²) in [6, 6.07) is 12.2. The Morgan fingerprint density at radius 2 is 1.96 bits per heavy atom. The van der Waals surface area contributed by atoms with E-state index in [0.717, 1.165) is 5.56 Å². The molecular weight excluding hydrogens is 339 g/mol. The number of para-hydroxylation sites is 1. The molecular formula is C19H17FN2O4. The molecule has 0 aliphatic carbocycles. The Balaban J connectivity index is 1.70. The van der Waals surface area contributed by atoms with Gasteiger partial charge in [0.25, 0.3) is 5.69 Å². The fourth-order valence-corrected chi connectivity index (χ4v) is 2.79. The van der Waals surface area contributed by atoms with Crippen LogP contribution in [0.15, 0.2) is 54.6 Å². The number of hydrogen-bond donors (Lipinski definition) is 0. The van der Waals surface area contributed by atoms with Crippen molar-refractivity contribution in [1.82, 2.24) is 4.90 Å². The normalized spacial score (nSPS) is 17.4. The molecule has 2 aromatic carbocycles. The number of halogens is 1. The third-order valence-electron chi connectivity index (χ3n) is 4.16. The number of nitrogens with zero attached hydrogens (tertiary/aromatic N) is 2. The Labute approximate surface area is 149 Å². The summed E-state index contributed by atoms with van der Waals surface area (Å²) in [5, 5.41) is 11.0. The van der Waals surface area contributed by atoms with Crippen LogP contribution in [-0.2, 0) is 9.53 Å². The number of hydrogen-bond acceptors (Lipinski definition) is 4. The Morgan fingerprint density at radius 1 is 1.23 bits per heavy atom. The summed E-state index contributed by atoms with van der Waals surface area (Å²) in [5.74, 6) is -0.580. The van der Waals surface area contributed by atoms with Crippen molar-refractivity contribution in [2.75, 3.05) is 19.7 Å². The van der Waals surface area contributed by atoms with Gasteiger partial charge in [0, 0.05) is 18.7 Å². The van der Waals surface area contributed by atoms with Gasteiger partial charge in [-0.15, -0.1) is 0 Å². The van der Waals surface area contributed by atoms with Gasteiger partial charge in [0.1, 0.15) is 11.9 Å². The van der Waals surface area contributed by atoms with E-state index in [4.69, 9.17) is 4.74 Å². The van der Waals surface area contributed by atoms with Crippen molar-refractivity contribution in [2.24, 2.45) is 0 Å². The quantitative estimate of drug-likeness (QED) is 0.478. The predicted molar refractivity (Wildman–Crippen MR) is 93.8 cm³/mol. The van der Waals surface area contributed by atoms with Gasteiger partial charge >= 0.3 is 0 Å². The Hall–Kier alpha value is -3.06. The number of amides is 1. The van der Waals surface area contributed by atoms with Crippen molar-refractivity contribution in [1.29, 1.82) is 0 Å². The van der Waals surface area contributed by atoms with E-state index in [2.05, 4.69) is 0 Å². The lowest BCUT2D eigenvalue weighted by molar-refractivity contribution is -0.385. The van der Waals surface area contributed by atoms with Gasteiger partial charge in [0.15, 0.2) is 0 Å². The first-order chi connectivity index (χ1) is 12.5. The molecule has 0 N–H and O–H groups in total. The van der Waals surface area contributed by atoms with Crippen LogP contribution in [0.3, 0.4) is 0 Å². The maximum Gasteiger partial charge on any atom is 0.276 e. The van der Waals surface area contributed by atoms with Gasteiger partial charge in [-0.1, -0.05) is 24.3 Å². The Morgan fingerprint density at radius 3 is 2.69 bits per heavy atom. The zero-order valence-corrected chi connectivity index (χ0v) is 13.9. The third-order valence-corrected chi connectivity index (χ3v) is 4.16. The highest BCUT2D eigenvalue weighted by molar-refractivity contribution is 5.92. The van der Waals surface area contributed by atoms with Crippen LogP contribution >= 0.6 is 0 Å². The van der Waals surface area contributed by atoms with Crippen molar-refractivity contribution >= 4 is 17.7 Å². The van der Waals surface area contributed by atoms with Gasteiger partial charge in [-0.3, -0.25) is 14.9 Å². The van der Waals surface area contributed by atoms with Crippen LogP contribution in [-0.4, -0.2) is 35.4 Å². The fraction of sp³-hybridized carbons (Fsp3) is 0.211. The van der Waals surface area contributed by atoms with Gasteiger partial charge in [-0.05, 0) is 29.8 Å². The lowest BCUT2D eigenvalue weighted by atomic mass is 10.1. The van der Waals surface area contributed by atoms with Crippen molar-refractivity contribution in [3.05, 3.63) is 81.7 Å². The molecule has 1 saturated heterocycles. The monoisotopic (exact) mass is 356 g/mol. The van der Waals surface area contributed by atoms with Crippen molar-refractivity contribution in [3.63, 3.8) is 0 Å². The predicted octanol–water partition coefficient (Wildman–Crippen LogP) is 3.35. The summed E-state index contributed by atoms with van der Waals surface area (Å²) < 4.78 is 18.7. The van der Waals surface area contributed by atoms with Crippen molar-refractivity contribution in [2.45, 2.75) is 6.10 Å². The zero-order chi connectivity index (χ0) is 18.5. The van der Waals surface area contributed by atoms with E-state index in [1.807, 2.05) is 0 Å². The van der Waals surface area contributed by atoms with Crippen molar-refractivity contribution < 1.29 is 18.8 Å². The molecule has 1 atom stereocenters. The van der Waals surface area contributed by atoms with E-state index in [-0.39, 0.29) is 23.5 Å². The molecule has 6 nitrogen and oxygen atoms in total. The van der Waals surface area contributed by atoms with Crippen LogP contribution in [0.4, 0.5) is 10.1 Å². The highest BCUT2D eigenvalue weighted by Crippen LogP contribution is 2.23. The molecule has 0 bridgehead atoms. The van der Waals surface area contributed by atoms with Crippen LogP contribution in [0.5, 0.6) is 0 Å². The molecule has 1 aliphatic rings. The van der Waals surface area contributed by atoms with Crippen LogP contribution in [0.2, 0.25) is 0 Å². The van der Waals surface area contributed by atoms with E-state index >= 15 is 0 Å². The number of nitro groups is 1. The molecule has 1 unspecified atom stereocenters. The molecule has 3 rings (SSSR count). The number of nitro benzene ring substituents is 1. The molecule has 2 aromatic rings. The van der Waals surface area contributed by atoms with Gasteiger partial charge in [0.2, 0.25) is 5.91 Å². The molecule has 0 aromatic heterocycles. The largest absolute Gasteiger partial charge is 0.370 e. The smallest absolute Gasteiger partial charge is 0.276 e. The molecule has 0 spiro atoms. The van der Waals surface area contributed by atoms with Crippen LogP contribution < -0.4 is 0 Å². The van der Waals surface area contributed by atoms with E-state index in [1.165, 1.54) is 30.4 Å². The van der Waals surface area contributed by atoms with Gasteiger partial charge < -0.3 is 9.64 Å². The number of carbonyl (C=O) groups is 1. The van der Waals surface area contributed by atoms with E-state index < -0.39 is 4.92 Å². The molecule has 1 amide bonds. The average molecular weight is 356 g/mol. The molecule has 1 heterocycles. The molecule has 7 heteroatoms. The summed E-state index contributed by atoms with van der Waals surface area (Å²) in [4.78, 5) is 24.6. The Bertz CT molecular complexity index is 836. The summed E-state index contributed by atoms with van der Waals surface area (Å²) >= 11 is 0. The van der Waals surface area contributed by atoms with E-state index in [0.29, 0.717) is 25.3 Å². The summed E-state index contributed by atoms with van der Waals surface area (Å²) in [7, 11) is 0. The zero-order valence-electron chi connectivity index (χ0n) is 13.9. The fourth-order valence-electron chi connectivity index (χ4n) is 2.79. The molecule has 26 heavy (non-hydrogen) atoms. The first-order valence-electron chi connectivity index (χ1n) is 8.12. The minimum absolute atomic E-state index is 0.0530. The summed E-state index contributed by atoms with van der Waals surface area (Å²) in [6.45, 7) is 1.14. The van der Waals surface area contributed by atoms with Crippen molar-refractivity contribution in [3.8, 4) is 0 Å². The van der Waals surface area contributed by atoms with E-state index in [9.17, 15) is 19.3 Å². The highest BCUT2D eigenvalue weighted by Gasteiger charge is 2.24. The molecule has 1 fully saturated rings. The number of benzene rings is 2. The SMILES string of the molecule is O=C(/C=C/c1ccccc1[N+](=O)[O-])N1CCOC(c2ccc(F)cc2)C1. The topological polar surface area (TPSA) is 72.7 Å². The highest BCUT2D eigenvalue weighted by atomic mass is 19.1. The number of morpholine rings is 1. The number of ether oxygens (including phenoxy) is 1. The van der Waals surface area contributed by atoms with Gasteiger partial charge in [0.05, 0.1) is 23.6 Å². The number of carbonyl (C=O) groups excluding carboxylic acids is 1. The molecule has 134 valence electrons. The second-order valence-electron chi connectivity index (χ2n) is 5.84. The average Bonchev–Trinajstić information content (AvgIpc) is 2.67. The first-order valence-corrected chi connectivity index (χ1v) is 8.12. The van der Waals surface area contributed by atoms with Crippen LogP contribution in [0.25, 0.3) is 6.08 Å². The second kappa shape index (κ2) is 7.88. The molecule has 0 saturated carbocycles. The standard InChI is InChI=1S/C19H17FN2O4/c20-16-8-5-15(6-9-16)18-13-21(11-12-26-18)19(23)10-7-14-3-1-2-4-17(14)22(24)25/h1-10,18H,11-13H2/b10-7+. The minimum atomic E-state index is -0.483. The minimum Gasteiger partial charge on any atom is -0.370 e. The molecule has 1 aliphatic heterocycles. The first kappa shape index (κ1) is 17.8. The summed E-state index contributed by atoms with van der Waals surface area (Å²) in [5.41, 5.74) is 1.11. The second-order valence-corrected chi connectivity index (χ2v) is 5.84. The van der Waals surface area contributed by atoms with Crippen LogP contribution in [0.1, 0.15) is 17.2 Å². The maximum atomic E-state index is 13.0. The molecule has 0 radical (unpaired) electrons. The van der Waals surface area contributed by atoms with Crippen LogP contribution in [0, 0.1) is 15.9 Å². The lowest BCUT2D eigenvalue weighted by Crippen LogP contribution is -2.41. The maximum absolute atomic E-state index is 13.0. The van der Waals surface area contributed by atoms with Gasteiger partial charge in [-0.2, -0.15) is 0 Å². The number of rotatable bonds is 4. The summed E-state index contributed by atoms with van der Waals surface area (Å²) in [6.07, 6.45) is 2.45. The Kier molecular flexibility index (Phi) is 5.38.